The molecule has 0 aromatic carbocycles. The van der Waals surface area contributed by atoms with E-state index >= 15 is 0 Å². The van der Waals surface area contributed by atoms with Crippen LogP contribution in [0.2, 0.25) is 0 Å². The number of rotatable bonds is 2. The lowest BCUT2D eigenvalue weighted by Gasteiger charge is -2.56. The van der Waals surface area contributed by atoms with Crippen molar-refractivity contribution in [3.8, 4) is 0 Å². The topological polar surface area (TPSA) is 58.9 Å². The molecule has 1 N–H and O–H groups in total. The highest BCUT2D eigenvalue weighted by atomic mass is 32.1. The summed E-state index contributed by atoms with van der Waals surface area (Å²) in [5.74, 6) is 3.49. The molecule has 0 radical (unpaired) electrons. The first-order valence-corrected chi connectivity index (χ1v) is 9.22. The lowest BCUT2D eigenvalue weighted by atomic mass is 9.50. The molecule has 0 unspecified atom stereocenters. The van der Waals surface area contributed by atoms with E-state index in [-0.39, 0.29) is 6.61 Å². The molecule has 0 saturated heterocycles. The molecule has 0 aliphatic heterocycles. The molecule has 2 aromatic rings. The van der Waals surface area contributed by atoms with Crippen molar-refractivity contribution in [3.05, 3.63) is 16.5 Å². The van der Waals surface area contributed by atoms with E-state index in [4.69, 9.17) is 4.98 Å². The third kappa shape index (κ3) is 1.81. The molecular weight excluding hydrogens is 294 g/mol. The van der Waals surface area contributed by atoms with E-state index in [0.717, 1.165) is 33.9 Å². The highest BCUT2D eigenvalue weighted by molar-refractivity contribution is 7.18. The highest BCUT2D eigenvalue weighted by Gasteiger charge is 2.53. The Kier molecular flexibility index (Phi) is 2.72. The van der Waals surface area contributed by atoms with Crippen LogP contribution in [-0.4, -0.2) is 20.1 Å². The molecule has 0 amide bonds. The van der Waals surface area contributed by atoms with E-state index in [0.29, 0.717) is 11.1 Å². The Hall–Kier alpha value is -1.07. The summed E-state index contributed by atoms with van der Waals surface area (Å²) in [6, 6.07) is 0. The summed E-state index contributed by atoms with van der Waals surface area (Å²) in [6.07, 6.45) is 8.31. The minimum absolute atomic E-state index is 0.0517. The van der Waals surface area contributed by atoms with Crippen molar-refractivity contribution in [1.82, 2.24) is 15.0 Å². The molecule has 2 heterocycles. The van der Waals surface area contributed by atoms with Crippen LogP contribution < -0.4 is 0 Å². The average molecular weight is 315 g/mol. The number of aliphatic hydroxyl groups is 1. The van der Waals surface area contributed by atoms with Crippen LogP contribution in [0.25, 0.3) is 10.3 Å². The number of aliphatic hydroxyl groups excluding tert-OH is 1. The van der Waals surface area contributed by atoms with E-state index in [1.165, 1.54) is 43.5 Å². The second-order valence-corrected chi connectivity index (χ2v) is 8.72. The van der Waals surface area contributed by atoms with Gasteiger partial charge in [0.25, 0.3) is 0 Å². The molecule has 4 aliphatic carbocycles. The summed E-state index contributed by atoms with van der Waals surface area (Å²) in [4.78, 5) is 14.8. The molecule has 4 saturated carbocycles. The maximum atomic E-state index is 9.58. The Morgan fingerprint density at radius 1 is 1.05 bits per heavy atom. The van der Waals surface area contributed by atoms with Gasteiger partial charge in [-0.1, -0.05) is 11.3 Å². The number of aromatic nitrogens is 3. The molecule has 4 nitrogen and oxygen atoms in total. The zero-order chi connectivity index (χ0) is 14.9. The summed E-state index contributed by atoms with van der Waals surface area (Å²) >= 11 is 1.76. The molecule has 4 fully saturated rings. The number of thiazole rings is 1. The SMILES string of the molecule is Cc1nc(CO)c2nc(C34CC5CC(CC(C5)C3)C4)sc2n1. The molecule has 6 rings (SSSR count). The van der Waals surface area contributed by atoms with E-state index in [9.17, 15) is 5.11 Å². The van der Waals surface area contributed by atoms with Gasteiger partial charge in [-0.15, -0.1) is 0 Å². The van der Waals surface area contributed by atoms with E-state index in [1.54, 1.807) is 11.3 Å². The van der Waals surface area contributed by atoms with Crippen molar-refractivity contribution in [2.24, 2.45) is 17.8 Å². The predicted octanol–water partition coefficient (Wildman–Crippen LogP) is 3.35. The largest absolute Gasteiger partial charge is 0.390 e. The van der Waals surface area contributed by atoms with Gasteiger partial charge in [0, 0.05) is 5.41 Å². The minimum Gasteiger partial charge on any atom is -0.390 e. The molecular formula is C17H21N3OS. The molecule has 22 heavy (non-hydrogen) atoms. The first-order chi connectivity index (χ1) is 10.6. The molecule has 4 bridgehead atoms. The lowest BCUT2D eigenvalue weighted by Crippen LogP contribution is -2.48. The van der Waals surface area contributed by atoms with Crippen LogP contribution >= 0.6 is 11.3 Å². The normalized spacial score (nSPS) is 36.4. The van der Waals surface area contributed by atoms with Gasteiger partial charge >= 0.3 is 0 Å². The van der Waals surface area contributed by atoms with Gasteiger partial charge in [0.05, 0.1) is 12.3 Å². The van der Waals surface area contributed by atoms with Gasteiger partial charge in [0.1, 0.15) is 21.2 Å². The minimum atomic E-state index is -0.0517. The molecule has 4 aliphatic rings. The summed E-state index contributed by atoms with van der Waals surface area (Å²) in [5.41, 5.74) is 1.83. The molecule has 5 heteroatoms. The Labute approximate surface area is 134 Å². The Morgan fingerprint density at radius 3 is 2.27 bits per heavy atom. The molecule has 0 spiro atoms. The quantitative estimate of drug-likeness (QED) is 0.923. The second-order valence-electron chi connectivity index (χ2n) is 7.75. The Balaban J connectivity index is 1.65. The van der Waals surface area contributed by atoms with Crippen molar-refractivity contribution < 1.29 is 5.11 Å². The van der Waals surface area contributed by atoms with E-state index < -0.39 is 0 Å². The number of aryl methyl sites for hydroxylation is 1. The van der Waals surface area contributed by atoms with Crippen LogP contribution in [0.1, 0.15) is 55.1 Å². The fourth-order valence-electron chi connectivity index (χ4n) is 5.71. The van der Waals surface area contributed by atoms with Crippen molar-refractivity contribution in [1.29, 1.82) is 0 Å². The van der Waals surface area contributed by atoms with Gasteiger partial charge in [-0.25, -0.2) is 15.0 Å². The Morgan fingerprint density at radius 2 is 1.68 bits per heavy atom. The van der Waals surface area contributed by atoms with Gasteiger partial charge in [-0.05, 0) is 63.2 Å². The smallest absolute Gasteiger partial charge is 0.147 e. The fraction of sp³-hybridized carbons (Fsp3) is 0.706. The maximum Gasteiger partial charge on any atom is 0.147 e. The monoisotopic (exact) mass is 315 g/mol. The number of nitrogens with zero attached hydrogens (tertiary/aromatic N) is 3. The van der Waals surface area contributed by atoms with Gasteiger partial charge in [0.15, 0.2) is 0 Å². The summed E-state index contributed by atoms with van der Waals surface area (Å²) < 4.78 is 0. The average Bonchev–Trinajstić information content (AvgIpc) is 2.89. The van der Waals surface area contributed by atoms with Crippen LogP contribution in [-0.2, 0) is 12.0 Å². The standard InChI is InChI=1S/C17H21N3OS/c1-9-18-13(8-21)14-15(19-9)22-16(20-14)17-5-10-2-11(6-17)4-12(3-10)7-17/h10-12,21H,2-8H2,1H3. The summed E-state index contributed by atoms with van der Waals surface area (Å²) in [5, 5.41) is 10.9. The number of hydrogen-bond acceptors (Lipinski definition) is 5. The summed E-state index contributed by atoms with van der Waals surface area (Å²) in [6.45, 7) is 1.84. The van der Waals surface area contributed by atoms with Crippen molar-refractivity contribution in [3.63, 3.8) is 0 Å². The van der Waals surface area contributed by atoms with Crippen molar-refractivity contribution in [2.45, 2.75) is 57.5 Å². The third-order valence-corrected chi connectivity index (χ3v) is 7.28. The molecule has 2 aromatic heterocycles. The molecule has 116 valence electrons. The lowest BCUT2D eigenvalue weighted by molar-refractivity contribution is -0.00519. The molecule has 0 atom stereocenters. The van der Waals surface area contributed by atoms with Gasteiger partial charge in [-0.3, -0.25) is 0 Å². The first kappa shape index (κ1) is 13.4. The maximum absolute atomic E-state index is 9.58. The summed E-state index contributed by atoms with van der Waals surface area (Å²) in [7, 11) is 0. The van der Waals surface area contributed by atoms with Gasteiger partial charge in [-0.2, -0.15) is 0 Å². The van der Waals surface area contributed by atoms with Crippen LogP contribution in [0.4, 0.5) is 0 Å². The van der Waals surface area contributed by atoms with E-state index in [2.05, 4.69) is 9.97 Å². The number of hydrogen-bond donors (Lipinski definition) is 1. The van der Waals surface area contributed by atoms with Crippen LogP contribution in [0.3, 0.4) is 0 Å². The van der Waals surface area contributed by atoms with Gasteiger partial charge in [0.2, 0.25) is 0 Å². The van der Waals surface area contributed by atoms with E-state index in [1.807, 2.05) is 6.92 Å². The van der Waals surface area contributed by atoms with Crippen molar-refractivity contribution in [2.75, 3.05) is 0 Å². The van der Waals surface area contributed by atoms with Crippen LogP contribution in [0.15, 0.2) is 0 Å². The first-order valence-electron chi connectivity index (χ1n) is 8.40. The highest BCUT2D eigenvalue weighted by Crippen LogP contribution is 2.61. The third-order valence-electron chi connectivity index (χ3n) is 6.08. The predicted molar refractivity (Wildman–Crippen MR) is 85.7 cm³/mol. The van der Waals surface area contributed by atoms with Crippen LogP contribution in [0, 0.1) is 24.7 Å². The zero-order valence-corrected chi connectivity index (χ0v) is 13.7. The van der Waals surface area contributed by atoms with Gasteiger partial charge < -0.3 is 5.11 Å². The zero-order valence-electron chi connectivity index (χ0n) is 12.9. The van der Waals surface area contributed by atoms with Crippen molar-refractivity contribution >= 4 is 21.7 Å². The van der Waals surface area contributed by atoms with Crippen LogP contribution in [0.5, 0.6) is 0 Å². The Bertz CT molecular complexity index is 718. The number of fused-ring (bicyclic) bond motifs is 1. The second kappa shape index (κ2) is 4.48. The fourth-order valence-corrected chi connectivity index (χ4v) is 6.93.